The van der Waals surface area contributed by atoms with Crippen molar-refractivity contribution in [1.29, 1.82) is 5.26 Å². The summed E-state index contributed by atoms with van der Waals surface area (Å²) in [5.41, 5.74) is 3.48. The molecule has 0 amide bonds. The normalized spacial score (nSPS) is 12.5. The minimum Gasteiger partial charge on any atom is -0.497 e. The van der Waals surface area contributed by atoms with Crippen molar-refractivity contribution in [2.75, 3.05) is 17.7 Å². The van der Waals surface area contributed by atoms with Crippen molar-refractivity contribution >= 4 is 28.2 Å². The highest BCUT2D eigenvalue weighted by Crippen LogP contribution is 2.34. The largest absolute Gasteiger partial charge is 0.497 e. The van der Waals surface area contributed by atoms with E-state index in [1.54, 1.807) is 13.2 Å². The van der Waals surface area contributed by atoms with Gasteiger partial charge in [-0.05, 0) is 41.3 Å². The first kappa shape index (κ1) is 17.4. The Hall–Kier alpha value is -3.45. The minimum atomic E-state index is 0.0672. The van der Waals surface area contributed by atoms with Crippen LogP contribution < -0.4 is 15.4 Å². The number of nitriles is 1. The Morgan fingerprint density at radius 3 is 2.08 bits per heavy atom. The second-order valence-corrected chi connectivity index (χ2v) is 5.83. The molecule has 1 aliphatic heterocycles. The molecule has 3 aromatic rings. The predicted octanol–water partition coefficient (Wildman–Crippen LogP) is 5.26. The third kappa shape index (κ3) is 3.79. The molecule has 1 aliphatic rings. The van der Waals surface area contributed by atoms with Crippen LogP contribution in [-0.2, 0) is 0 Å². The summed E-state index contributed by atoms with van der Waals surface area (Å²) in [5, 5.41) is 16.9. The lowest BCUT2D eigenvalue weighted by Crippen LogP contribution is -2.29. The van der Waals surface area contributed by atoms with Crippen molar-refractivity contribution in [2.45, 2.75) is 13.1 Å². The van der Waals surface area contributed by atoms with Gasteiger partial charge in [0.05, 0.1) is 13.2 Å². The number of benzene rings is 3. The standard InChI is InChI=1S/C20H18N2O.C2H3N/c1-23-16-11-8-14(9-12-16)10-13-19-21-17-6-2-4-15-5-3-7-18(22-19)20(15)17;1-2-3/h2-13,19,21-22H,1H3;1H3/b13-10+;. The van der Waals surface area contributed by atoms with Gasteiger partial charge in [0.15, 0.2) is 0 Å². The molecule has 3 aromatic carbocycles. The van der Waals surface area contributed by atoms with Crippen LogP contribution in [0.25, 0.3) is 16.8 Å². The molecule has 2 N–H and O–H groups in total. The van der Waals surface area contributed by atoms with Crippen LogP contribution in [0.4, 0.5) is 11.4 Å². The first-order valence-electron chi connectivity index (χ1n) is 8.43. The zero-order chi connectivity index (χ0) is 18.4. The molecule has 4 rings (SSSR count). The van der Waals surface area contributed by atoms with Gasteiger partial charge in [0.2, 0.25) is 0 Å². The van der Waals surface area contributed by atoms with E-state index in [9.17, 15) is 0 Å². The average molecular weight is 343 g/mol. The van der Waals surface area contributed by atoms with E-state index in [0.29, 0.717) is 0 Å². The lowest BCUT2D eigenvalue weighted by molar-refractivity contribution is 0.415. The number of ether oxygens (including phenoxy) is 1. The fourth-order valence-corrected chi connectivity index (χ4v) is 2.97. The highest BCUT2D eigenvalue weighted by atomic mass is 16.5. The quantitative estimate of drug-likeness (QED) is 0.681. The Kier molecular flexibility index (Phi) is 5.40. The van der Waals surface area contributed by atoms with Crippen LogP contribution in [0.15, 0.2) is 66.7 Å². The van der Waals surface area contributed by atoms with E-state index >= 15 is 0 Å². The second-order valence-electron chi connectivity index (χ2n) is 5.83. The van der Waals surface area contributed by atoms with Crippen LogP contribution in [0.3, 0.4) is 0 Å². The fraction of sp³-hybridized carbons (Fsp3) is 0.136. The first-order valence-corrected chi connectivity index (χ1v) is 8.43. The van der Waals surface area contributed by atoms with Crippen molar-refractivity contribution in [3.05, 3.63) is 72.3 Å². The summed E-state index contributed by atoms with van der Waals surface area (Å²) in [4.78, 5) is 0. The smallest absolute Gasteiger partial charge is 0.118 e. The third-order valence-corrected chi connectivity index (χ3v) is 4.12. The van der Waals surface area contributed by atoms with E-state index in [2.05, 4.69) is 59.2 Å². The fourth-order valence-electron chi connectivity index (χ4n) is 2.97. The molecule has 0 unspecified atom stereocenters. The van der Waals surface area contributed by atoms with E-state index < -0.39 is 0 Å². The summed E-state index contributed by atoms with van der Waals surface area (Å²) in [6.07, 6.45) is 4.31. The highest BCUT2D eigenvalue weighted by Gasteiger charge is 2.16. The summed E-state index contributed by atoms with van der Waals surface area (Å²) in [5.74, 6) is 0.872. The molecule has 0 aromatic heterocycles. The predicted molar refractivity (Wildman–Crippen MR) is 108 cm³/mol. The Bertz CT molecular complexity index is 915. The molecule has 0 saturated carbocycles. The van der Waals surface area contributed by atoms with Gasteiger partial charge in [0, 0.05) is 23.7 Å². The summed E-state index contributed by atoms with van der Waals surface area (Å²) in [6.45, 7) is 1.43. The molecule has 0 atom stereocenters. The molecule has 1 heterocycles. The molecule has 0 radical (unpaired) electrons. The van der Waals surface area contributed by atoms with E-state index in [-0.39, 0.29) is 6.17 Å². The summed E-state index contributed by atoms with van der Waals surface area (Å²) < 4.78 is 5.19. The number of rotatable bonds is 3. The molecular formula is C22H21N3O. The minimum absolute atomic E-state index is 0.0672. The van der Waals surface area contributed by atoms with Gasteiger partial charge in [0.25, 0.3) is 0 Å². The SMILES string of the molecule is CC#N.COc1ccc(/C=C/C2Nc3cccc4cccc(c34)N2)cc1. The van der Waals surface area contributed by atoms with E-state index in [1.165, 1.54) is 29.1 Å². The van der Waals surface area contributed by atoms with Crippen molar-refractivity contribution in [1.82, 2.24) is 0 Å². The maximum absolute atomic E-state index is 7.32. The zero-order valence-electron chi connectivity index (χ0n) is 14.9. The van der Waals surface area contributed by atoms with Gasteiger partial charge < -0.3 is 15.4 Å². The van der Waals surface area contributed by atoms with Gasteiger partial charge >= 0.3 is 0 Å². The van der Waals surface area contributed by atoms with Crippen LogP contribution in [0.1, 0.15) is 12.5 Å². The van der Waals surface area contributed by atoms with Crippen LogP contribution >= 0.6 is 0 Å². The van der Waals surface area contributed by atoms with Crippen LogP contribution in [0.5, 0.6) is 5.75 Å². The van der Waals surface area contributed by atoms with Crippen molar-refractivity contribution < 1.29 is 4.74 Å². The summed E-state index contributed by atoms with van der Waals surface area (Å²) in [7, 11) is 1.68. The van der Waals surface area contributed by atoms with Gasteiger partial charge in [-0.2, -0.15) is 5.26 Å². The number of nitrogens with one attached hydrogen (secondary N) is 2. The van der Waals surface area contributed by atoms with Crippen molar-refractivity contribution in [2.24, 2.45) is 0 Å². The van der Waals surface area contributed by atoms with Gasteiger partial charge in [-0.1, -0.05) is 42.5 Å². The monoisotopic (exact) mass is 343 g/mol. The Balaban J connectivity index is 0.000000613. The second kappa shape index (κ2) is 8.09. The van der Waals surface area contributed by atoms with Gasteiger partial charge in [-0.15, -0.1) is 0 Å². The molecule has 4 nitrogen and oxygen atoms in total. The van der Waals surface area contributed by atoms with Crippen LogP contribution in [0, 0.1) is 11.3 Å². The first-order chi connectivity index (χ1) is 12.7. The van der Waals surface area contributed by atoms with E-state index in [0.717, 1.165) is 11.3 Å². The number of nitrogens with zero attached hydrogens (tertiary/aromatic N) is 1. The summed E-state index contributed by atoms with van der Waals surface area (Å²) in [6, 6.07) is 22.5. The van der Waals surface area contributed by atoms with Crippen LogP contribution in [-0.4, -0.2) is 13.3 Å². The molecule has 130 valence electrons. The van der Waals surface area contributed by atoms with Crippen molar-refractivity contribution in [3.8, 4) is 11.8 Å². The van der Waals surface area contributed by atoms with Gasteiger partial charge in [0.1, 0.15) is 11.9 Å². The Morgan fingerprint density at radius 1 is 0.962 bits per heavy atom. The lowest BCUT2D eigenvalue weighted by atomic mass is 10.0. The van der Waals surface area contributed by atoms with Gasteiger partial charge in [-0.3, -0.25) is 0 Å². The third-order valence-electron chi connectivity index (χ3n) is 4.12. The van der Waals surface area contributed by atoms with E-state index in [4.69, 9.17) is 10.00 Å². The molecule has 26 heavy (non-hydrogen) atoms. The average Bonchev–Trinajstić information content (AvgIpc) is 2.68. The molecule has 0 fully saturated rings. The number of methoxy groups -OCH3 is 1. The number of hydrogen-bond acceptors (Lipinski definition) is 4. The zero-order valence-corrected chi connectivity index (χ0v) is 14.9. The molecule has 0 saturated heterocycles. The van der Waals surface area contributed by atoms with Crippen LogP contribution in [0.2, 0.25) is 0 Å². The van der Waals surface area contributed by atoms with Gasteiger partial charge in [-0.25, -0.2) is 0 Å². The summed E-state index contributed by atoms with van der Waals surface area (Å²) >= 11 is 0. The molecule has 4 heteroatoms. The maximum atomic E-state index is 7.32. The number of hydrogen-bond donors (Lipinski definition) is 2. The lowest BCUT2D eigenvalue weighted by Gasteiger charge is -2.27. The Morgan fingerprint density at radius 2 is 1.54 bits per heavy atom. The van der Waals surface area contributed by atoms with Crippen molar-refractivity contribution in [3.63, 3.8) is 0 Å². The molecular weight excluding hydrogens is 322 g/mol. The molecule has 0 aliphatic carbocycles. The Labute approximate surface area is 153 Å². The number of anilines is 2. The molecule has 0 spiro atoms. The van der Waals surface area contributed by atoms with E-state index in [1.807, 2.05) is 24.3 Å². The highest BCUT2D eigenvalue weighted by molar-refractivity contribution is 6.04. The topological polar surface area (TPSA) is 57.1 Å². The molecule has 0 bridgehead atoms. The maximum Gasteiger partial charge on any atom is 0.118 e.